The number of piperidine rings is 1. The molecule has 8 nitrogen and oxygen atoms in total. The molecule has 28 heavy (non-hydrogen) atoms. The Kier molecular flexibility index (Phi) is 5.59. The number of anilines is 1. The zero-order valence-corrected chi connectivity index (χ0v) is 16.4. The second-order valence-electron chi connectivity index (χ2n) is 7.55. The van der Waals surface area contributed by atoms with Gasteiger partial charge in [0, 0.05) is 55.6 Å². The highest BCUT2D eigenvalue weighted by Gasteiger charge is 2.25. The molecule has 0 aliphatic carbocycles. The number of likely N-dealkylation sites (tertiary alicyclic amines) is 1. The molecule has 4 heterocycles. The topological polar surface area (TPSA) is 79.3 Å². The Morgan fingerprint density at radius 3 is 2.93 bits per heavy atom. The number of ether oxygens (including phenoxy) is 1. The summed E-state index contributed by atoms with van der Waals surface area (Å²) >= 11 is 0. The van der Waals surface area contributed by atoms with Crippen LogP contribution < -0.4 is 10.5 Å². The van der Waals surface area contributed by atoms with Crippen LogP contribution >= 0.6 is 0 Å². The van der Waals surface area contributed by atoms with E-state index in [1.54, 1.807) is 12.3 Å². The maximum atomic E-state index is 12.3. The van der Waals surface area contributed by atoms with E-state index in [1.165, 1.54) is 5.56 Å². The molecule has 0 aromatic carbocycles. The van der Waals surface area contributed by atoms with Crippen molar-refractivity contribution in [1.29, 1.82) is 0 Å². The predicted octanol–water partition coefficient (Wildman–Crippen LogP) is 1.59. The lowest BCUT2D eigenvalue weighted by molar-refractivity contribution is 0.122. The highest BCUT2D eigenvalue weighted by Crippen LogP contribution is 2.27. The van der Waals surface area contributed by atoms with Crippen LogP contribution in [0.1, 0.15) is 35.7 Å². The van der Waals surface area contributed by atoms with Gasteiger partial charge in [-0.2, -0.15) is 5.10 Å². The van der Waals surface area contributed by atoms with Crippen molar-refractivity contribution in [3.63, 3.8) is 0 Å². The summed E-state index contributed by atoms with van der Waals surface area (Å²) in [6, 6.07) is 1.67. The van der Waals surface area contributed by atoms with Crippen LogP contribution in [-0.4, -0.2) is 64.0 Å². The molecule has 2 saturated heterocycles. The smallest absolute Gasteiger partial charge is 0.252 e. The molecule has 2 aliphatic rings. The Balaban J connectivity index is 1.49. The average Bonchev–Trinajstić information content (AvgIpc) is 3.08. The van der Waals surface area contributed by atoms with E-state index in [9.17, 15) is 4.79 Å². The molecule has 2 fully saturated rings. The number of rotatable bonds is 5. The fourth-order valence-electron chi connectivity index (χ4n) is 4.08. The Bertz CT molecular complexity index is 883. The molecule has 2 aromatic rings. The first-order valence-corrected chi connectivity index (χ1v) is 9.96. The highest BCUT2D eigenvalue weighted by atomic mass is 16.5. The number of aromatic amines is 1. The summed E-state index contributed by atoms with van der Waals surface area (Å²) in [5.41, 5.74) is 3.16. The Labute approximate surface area is 164 Å². The minimum atomic E-state index is -0.0771. The van der Waals surface area contributed by atoms with Gasteiger partial charge in [0.25, 0.3) is 5.56 Å². The molecule has 1 N–H and O–H groups in total. The van der Waals surface area contributed by atoms with Crippen molar-refractivity contribution in [1.82, 2.24) is 24.6 Å². The monoisotopic (exact) mass is 384 g/mol. The molecule has 4 rings (SSSR count). The minimum Gasteiger partial charge on any atom is -0.378 e. The molecule has 1 atom stereocenters. The molecular weight excluding hydrogens is 356 g/mol. The first-order chi connectivity index (χ1) is 13.6. The summed E-state index contributed by atoms with van der Waals surface area (Å²) in [6.07, 6.45) is 5.80. The van der Waals surface area contributed by atoms with E-state index in [4.69, 9.17) is 9.72 Å². The van der Waals surface area contributed by atoms with Crippen LogP contribution in [0.3, 0.4) is 0 Å². The molecule has 1 unspecified atom stereocenters. The third kappa shape index (κ3) is 4.02. The summed E-state index contributed by atoms with van der Waals surface area (Å²) in [5, 5.41) is 4.35. The van der Waals surface area contributed by atoms with E-state index >= 15 is 0 Å². The molecule has 0 spiro atoms. The van der Waals surface area contributed by atoms with Gasteiger partial charge < -0.3 is 9.64 Å². The van der Waals surface area contributed by atoms with Gasteiger partial charge in [-0.05, 0) is 26.3 Å². The number of hydrogen-bond acceptors (Lipinski definition) is 6. The van der Waals surface area contributed by atoms with Crippen LogP contribution in [0.2, 0.25) is 0 Å². The van der Waals surface area contributed by atoms with E-state index in [1.807, 2.05) is 10.9 Å². The van der Waals surface area contributed by atoms with Gasteiger partial charge in [0.05, 0.1) is 25.1 Å². The number of nitrogens with zero attached hydrogens (tertiary/aromatic N) is 5. The maximum absolute atomic E-state index is 12.3. The lowest BCUT2D eigenvalue weighted by atomic mass is 9.94. The fourth-order valence-corrected chi connectivity index (χ4v) is 4.08. The molecule has 0 saturated carbocycles. The standard InChI is InChI=1S/C20H28N6O2/c1-3-26-15(2)17(12-21-26)14-24-6-4-5-16(13-24)18-11-19(27)23-20(22-18)25-7-9-28-10-8-25/h3,11-12,16H,1,4-10,13-14H2,2H3,(H,22,23,27). The normalized spacial score (nSPS) is 21.0. The van der Waals surface area contributed by atoms with E-state index in [-0.39, 0.29) is 11.5 Å². The zero-order valence-electron chi connectivity index (χ0n) is 16.4. The Morgan fingerprint density at radius 1 is 1.36 bits per heavy atom. The van der Waals surface area contributed by atoms with Crippen LogP contribution in [0, 0.1) is 6.92 Å². The minimum absolute atomic E-state index is 0.0771. The summed E-state index contributed by atoms with van der Waals surface area (Å²) in [4.78, 5) is 24.5. The van der Waals surface area contributed by atoms with Crippen molar-refractivity contribution in [3.8, 4) is 0 Å². The Hall–Kier alpha value is -2.45. The van der Waals surface area contributed by atoms with Crippen LogP contribution in [0.5, 0.6) is 0 Å². The predicted molar refractivity (Wildman–Crippen MR) is 108 cm³/mol. The summed E-state index contributed by atoms with van der Waals surface area (Å²) < 4.78 is 7.22. The molecule has 0 radical (unpaired) electrons. The third-order valence-electron chi connectivity index (χ3n) is 5.70. The van der Waals surface area contributed by atoms with Crippen LogP contribution in [0.25, 0.3) is 6.20 Å². The molecule has 2 aliphatic heterocycles. The third-order valence-corrected chi connectivity index (χ3v) is 5.70. The lowest BCUT2D eigenvalue weighted by Crippen LogP contribution is -2.39. The largest absolute Gasteiger partial charge is 0.378 e. The first kappa shape index (κ1) is 18.9. The van der Waals surface area contributed by atoms with Gasteiger partial charge in [0.15, 0.2) is 0 Å². The number of H-pyrrole nitrogens is 1. The van der Waals surface area contributed by atoms with Crippen molar-refractivity contribution in [3.05, 3.63) is 46.1 Å². The van der Waals surface area contributed by atoms with Gasteiger partial charge in [0.2, 0.25) is 5.95 Å². The van der Waals surface area contributed by atoms with Gasteiger partial charge in [-0.25, -0.2) is 9.67 Å². The van der Waals surface area contributed by atoms with E-state index in [0.29, 0.717) is 19.2 Å². The quantitative estimate of drug-likeness (QED) is 0.843. The van der Waals surface area contributed by atoms with Crippen LogP contribution in [0.4, 0.5) is 5.95 Å². The highest BCUT2D eigenvalue weighted by molar-refractivity contribution is 5.32. The molecule has 150 valence electrons. The first-order valence-electron chi connectivity index (χ1n) is 9.96. The van der Waals surface area contributed by atoms with Gasteiger partial charge in [-0.3, -0.25) is 14.7 Å². The van der Waals surface area contributed by atoms with Crippen molar-refractivity contribution in [2.45, 2.75) is 32.2 Å². The van der Waals surface area contributed by atoms with Crippen LogP contribution in [-0.2, 0) is 11.3 Å². The van der Waals surface area contributed by atoms with Crippen molar-refractivity contribution < 1.29 is 4.74 Å². The summed E-state index contributed by atoms with van der Waals surface area (Å²) in [5.74, 6) is 0.941. The Morgan fingerprint density at radius 2 is 2.18 bits per heavy atom. The van der Waals surface area contributed by atoms with Crippen LogP contribution in [0.15, 0.2) is 23.6 Å². The van der Waals surface area contributed by atoms with Gasteiger partial charge in [-0.15, -0.1) is 0 Å². The van der Waals surface area contributed by atoms with Gasteiger partial charge >= 0.3 is 0 Å². The van der Waals surface area contributed by atoms with Crippen molar-refractivity contribution in [2.75, 3.05) is 44.3 Å². The summed E-state index contributed by atoms with van der Waals surface area (Å²) in [6.45, 7) is 11.5. The summed E-state index contributed by atoms with van der Waals surface area (Å²) in [7, 11) is 0. The lowest BCUT2D eigenvalue weighted by Gasteiger charge is -2.33. The molecule has 8 heteroatoms. The average molecular weight is 384 g/mol. The van der Waals surface area contributed by atoms with Crippen molar-refractivity contribution >= 4 is 12.1 Å². The number of morpholine rings is 1. The maximum Gasteiger partial charge on any atom is 0.252 e. The van der Waals surface area contributed by atoms with Gasteiger partial charge in [-0.1, -0.05) is 6.58 Å². The number of nitrogens with one attached hydrogen (secondary N) is 1. The fraction of sp³-hybridized carbons (Fsp3) is 0.550. The molecule has 0 amide bonds. The van der Waals surface area contributed by atoms with E-state index in [2.05, 4.69) is 33.4 Å². The van der Waals surface area contributed by atoms with E-state index < -0.39 is 0 Å². The molecule has 2 aromatic heterocycles. The molecular formula is C20H28N6O2. The number of hydrogen-bond donors (Lipinski definition) is 1. The van der Waals surface area contributed by atoms with Crippen molar-refractivity contribution in [2.24, 2.45) is 0 Å². The zero-order chi connectivity index (χ0) is 19.5. The second-order valence-corrected chi connectivity index (χ2v) is 7.55. The van der Waals surface area contributed by atoms with Gasteiger partial charge in [0.1, 0.15) is 0 Å². The second kappa shape index (κ2) is 8.28. The SMILES string of the molecule is C=Cn1ncc(CN2CCCC(c3cc(=O)[nH]c(N4CCOCC4)n3)C2)c1C. The molecule has 0 bridgehead atoms. The number of aromatic nitrogens is 4. The van der Waals surface area contributed by atoms with E-state index in [0.717, 1.165) is 57.0 Å².